The molecule has 0 saturated carbocycles. The molecule has 3 unspecified atom stereocenters. The summed E-state index contributed by atoms with van der Waals surface area (Å²) < 4.78 is 12.8. The van der Waals surface area contributed by atoms with Gasteiger partial charge in [-0.15, -0.1) is 23.1 Å². The first-order valence-corrected chi connectivity index (χ1v) is 13.7. The number of amides is 1. The second kappa shape index (κ2) is 9.91. The first-order chi connectivity index (χ1) is 18.2. The number of hydrogen-bond donors (Lipinski definition) is 1. The van der Waals surface area contributed by atoms with Crippen molar-refractivity contribution in [3.8, 4) is 5.75 Å². The van der Waals surface area contributed by atoms with E-state index in [1.165, 1.54) is 45.1 Å². The van der Waals surface area contributed by atoms with Crippen molar-refractivity contribution >= 4 is 35.0 Å². The fourth-order valence-electron chi connectivity index (χ4n) is 4.74. The minimum absolute atomic E-state index is 0.125. The van der Waals surface area contributed by atoms with Crippen molar-refractivity contribution < 1.29 is 23.8 Å². The van der Waals surface area contributed by atoms with Gasteiger partial charge in [0.05, 0.1) is 19.9 Å². The van der Waals surface area contributed by atoms with E-state index in [1.807, 2.05) is 6.07 Å². The topological polar surface area (TPSA) is 124 Å². The summed E-state index contributed by atoms with van der Waals surface area (Å²) in [6.07, 6.45) is 7.74. The van der Waals surface area contributed by atoms with Gasteiger partial charge in [-0.2, -0.15) is 5.10 Å². The fourth-order valence-corrected chi connectivity index (χ4v) is 7.27. The molecule has 4 aromatic rings. The smallest absolute Gasteiger partial charge is 0.333 e. The molecule has 1 N–H and O–H groups in total. The highest BCUT2D eigenvalue weighted by Crippen LogP contribution is 2.60. The van der Waals surface area contributed by atoms with Crippen LogP contribution in [0.25, 0.3) is 0 Å². The van der Waals surface area contributed by atoms with Crippen molar-refractivity contribution in [3.63, 3.8) is 0 Å². The van der Waals surface area contributed by atoms with Crippen LogP contribution in [0.15, 0.2) is 65.1 Å². The Kier molecular flexibility index (Phi) is 6.78. The van der Waals surface area contributed by atoms with Gasteiger partial charge in [-0.25, -0.2) is 14.8 Å². The molecule has 4 heterocycles. The average Bonchev–Trinajstić information content (AvgIpc) is 3.69. The average molecular weight is 554 g/mol. The minimum atomic E-state index is -1.80. The SMILES string of the molecule is COc1cc(C(=O)N2C(c3nccs3)SC(c3ncco3)C2(Cn2cccn2)C(=O)O)ccc1C(C)(C)C. The van der Waals surface area contributed by atoms with Gasteiger partial charge in [-0.3, -0.25) is 9.48 Å². The van der Waals surface area contributed by atoms with E-state index in [4.69, 9.17) is 9.15 Å². The van der Waals surface area contributed by atoms with Gasteiger partial charge in [0.25, 0.3) is 5.91 Å². The van der Waals surface area contributed by atoms with Crippen molar-refractivity contribution in [2.24, 2.45) is 0 Å². The lowest BCUT2D eigenvalue weighted by Crippen LogP contribution is -2.59. The summed E-state index contributed by atoms with van der Waals surface area (Å²) in [6.45, 7) is 6.05. The van der Waals surface area contributed by atoms with E-state index in [-0.39, 0.29) is 17.9 Å². The summed E-state index contributed by atoms with van der Waals surface area (Å²) in [5.74, 6) is -0.908. The quantitative estimate of drug-likeness (QED) is 0.344. The standard InChI is InChI=1S/C26H27N5O5S2/c1-25(2,3)17-7-6-16(14-18(17)35-4)22(32)31-23(21-28-10-13-37-21)38-19(20-27-9-12-36-20)26(31,24(33)34)15-30-11-5-8-29-30/h5-14,19,23H,15H2,1-4H3,(H,33,34). The molecule has 1 aromatic carbocycles. The van der Waals surface area contributed by atoms with Gasteiger partial charge in [0, 0.05) is 29.5 Å². The first-order valence-electron chi connectivity index (χ1n) is 11.8. The molecule has 12 heteroatoms. The number of carboxylic acids is 1. The van der Waals surface area contributed by atoms with E-state index in [9.17, 15) is 14.7 Å². The third-order valence-corrected chi connectivity index (χ3v) is 9.04. The van der Waals surface area contributed by atoms with Gasteiger partial charge in [0.15, 0.2) is 5.54 Å². The Hall–Kier alpha value is -3.64. The number of carbonyl (C=O) groups is 2. The Morgan fingerprint density at radius 3 is 2.61 bits per heavy atom. The van der Waals surface area contributed by atoms with Gasteiger partial charge in [-0.1, -0.05) is 26.8 Å². The lowest BCUT2D eigenvalue weighted by atomic mass is 9.85. The van der Waals surface area contributed by atoms with Crippen LogP contribution < -0.4 is 4.74 Å². The van der Waals surface area contributed by atoms with Crippen molar-refractivity contribution in [3.05, 3.63) is 82.7 Å². The number of benzene rings is 1. The van der Waals surface area contributed by atoms with E-state index < -0.39 is 28.0 Å². The molecular formula is C26H27N5O5S2. The van der Waals surface area contributed by atoms with Crippen LogP contribution in [0.5, 0.6) is 5.75 Å². The summed E-state index contributed by atoms with van der Waals surface area (Å²) in [5, 5.41) is 16.0. The maximum absolute atomic E-state index is 14.4. The first kappa shape index (κ1) is 26.0. The number of aliphatic carboxylic acids is 1. The predicted molar refractivity (Wildman–Crippen MR) is 142 cm³/mol. The molecule has 1 aliphatic rings. The highest BCUT2D eigenvalue weighted by molar-refractivity contribution is 8.00. The molecule has 0 bridgehead atoms. The number of rotatable bonds is 7. The second-order valence-corrected chi connectivity index (χ2v) is 12.0. The van der Waals surface area contributed by atoms with Crippen LogP contribution in [-0.2, 0) is 16.8 Å². The summed E-state index contributed by atoms with van der Waals surface area (Å²) in [4.78, 5) is 38.0. The Morgan fingerprint density at radius 2 is 2.03 bits per heavy atom. The number of aromatic nitrogens is 4. The zero-order chi connectivity index (χ0) is 27.1. The lowest BCUT2D eigenvalue weighted by molar-refractivity contribution is -0.151. The molecule has 0 spiro atoms. The molecule has 38 heavy (non-hydrogen) atoms. The molecule has 3 atom stereocenters. The molecule has 1 amide bonds. The van der Waals surface area contributed by atoms with Gasteiger partial charge < -0.3 is 19.2 Å². The number of thioether (sulfide) groups is 1. The highest BCUT2D eigenvalue weighted by atomic mass is 32.2. The van der Waals surface area contributed by atoms with Crippen LogP contribution in [0.4, 0.5) is 0 Å². The number of ether oxygens (including phenoxy) is 1. The molecule has 10 nitrogen and oxygen atoms in total. The van der Waals surface area contributed by atoms with Gasteiger partial charge in [-0.05, 0) is 29.2 Å². The van der Waals surface area contributed by atoms with Crippen LogP contribution in [0.3, 0.4) is 0 Å². The van der Waals surface area contributed by atoms with Gasteiger partial charge >= 0.3 is 5.97 Å². The predicted octanol–water partition coefficient (Wildman–Crippen LogP) is 4.79. The normalized spacial score (nSPS) is 21.5. The number of nitrogens with zero attached hydrogens (tertiary/aromatic N) is 5. The molecule has 0 aliphatic carbocycles. The van der Waals surface area contributed by atoms with Crippen LogP contribution >= 0.6 is 23.1 Å². The number of thiazole rings is 1. The number of methoxy groups -OCH3 is 1. The Bertz CT molecular complexity index is 1420. The molecule has 3 aromatic heterocycles. The van der Waals surface area contributed by atoms with E-state index in [1.54, 1.807) is 49.3 Å². The van der Waals surface area contributed by atoms with Crippen LogP contribution in [0.1, 0.15) is 58.2 Å². The molecule has 1 saturated heterocycles. The van der Waals surface area contributed by atoms with Crippen LogP contribution in [0.2, 0.25) is 0 Å². The largest absolute Gasteiger partial charge is 0.496 e. The number of carboxylic acid groups (broad SMARTS) is 1. The number of hydrogen-bond acceptors (Lipinski definition) is 9. The lowest BCUT2D eigenvalue weighted by Gasteiger charge is -2.38. The fraction of sp³-hybridized carbons (Fsp3) is 0.346. The van der Waals surface area contributed by atoms with E-state index in [0.29, 0.717) is 16.3 Å². The summed E-state index contributed by atoms with van der Waals surface area (Å²) in [7, 11) is 1.56. The summed E-state index contributed by atoms with van der Waals surface area (Å²) in [6, 6.07) is 6.95. The van der Waals surface area contributed by atoms with Crippen molar-refractivity contribution in [1.82, 2.24) is 24.6 Å². The molecular weight excluding hydrogens is 526 g/mol. The van der Waals surface area contributed by atoms with E-state index in [0.717, 1.165) is 5.56 Å². The zero-order valence-electron chi connectivity index (χ0n) is 21.3. The maximum atomic E-state index is 14.4. The molecule has 1 fully saturated rings. The van der Waals surface area contributed by atoms with Crippen molar-refractivity contribution in [2.75, 3.05) is 7.11 Å². The molecule has 198 valence electrons. The third-order valence-electron chi connectivity index (χ3n) is 6.51. The monoisotopic (exact) mass is 553 g/mol. The van der Waals surface area contributed by atoms with Crippen LogP contribution in [-0.4, -0.2) is 54.3 Å². The second-order valence-electron chi connectivity index (χ2n) is 9.88. The van der Waals surface area contributed by atoms with Gasteiger partial charge in [0.2, 0.25) is 5.89 Å². The van der Waals surface area contributed by atoms with E-state index >= 15 is 0 Å². The number of carbonyl (C=O) groups excluding carboxylic acids is 1. The number of oxazole rings is 1. The molecule has 5 rings (SSSR count). The Balaban J connectivity index is 1.71. The third kappa shape index (κ3) is 4.37. The molecule has 0 radical (unpaired) electrons. The highest BCUT2D eigenvalue weighted by Gasteiger charge is 2.64. The van der Waals surface area contributed by atoms with Crippen LogP contribution in [0, 0.1) is 0 Å². The Morgan fingerprint density at radius 1 is 1.21 bits per heavy atom. The Labute approximate surface area is 227 Å². The van der Waals surface area contributed by atoms with Crippen molar-refractivity contribution in [1.29, 1.82) is 0 Å². The summed E-state index contributed by atoms with van der Waals surface area (Å²) >= 11 is 2.63. The molecule has 1 aliphatic heterocycles. The zero-order valence-corrected chi connectivity index (χ0v) is 22.9. The minimum Gasteiger partial charge on any atom is -0.496 e. The maximum Gasteiger partial charge on any atom is 0.333 e. The van der Waals surface area contributed by atoms with E-state index in [2.05, 4.69) is 35.8 Å². The van der Waals surface area contributed by atoms with Gasteiger partial charge in [0.1, 0.15) is 27.6 Å². The summed E-state index contributed by atoms with van der Waals surface area (Å²) in [5.41, 5.74) is -0.787. The van der Waals surface area contributed by atoms with Crippen molar-refractivity contribution in [2.45, 2.75) is 48.9 Å².